The van der Waals surface area contributed by atoms with Gasteiger partial charge < -0.3 is 10.3 Å². The van der Waals surface area contributed by atoms with E-state index >= 15 is 0 Å². The van der Waals surface area contributed by atoms with E-state index in [4.69, 9.17) is 11.0 Å². The predicted octanol–water partition coefficient (Wildman–Crippen LogP) is 3.40. The molecule has 4 nitrogen and oxygen atoms in total. The van der Waals surface area contributed by atoms with Crippen LogP contribution < -0.4 is 5.73 Å². The third kappa shape index (κ3) is 3.07. The van der Waals surface area contributed by atoms with Gasteiger partial charge in [-0.3, -0.25) is 4.79 Å². The first-order chi connectivity index (χ1) is 10.3. The van der Waals surface area contributed by atoms with E-state index in [2.05, 4.69) is 52.3 Å². The van der Waals surface area contributed by atoms with Gasteiger partial charge in [-0.05, 0) is 78.8 Å². The first-order valence-electron chi connectivity index (χ1n) is 6.72. The van der Waals surface area contributed by atoms with Crippen LogP contribution in [0.1, 0.15) is 22.5 Å². The lowest BCUT2D eigenvalue weighted by Gasteiger charge is -2.11. The number of carbonyl (C=O) groups excluding carboxylic acids is 1. The molecule has 0 aliphatic heterocycles. The molecule has 0 atom stereocenters. The van der Waals surface area contributed by atoms with Crippen molar-refractivity contribution in [3.05, 3.63) is 55.9 Å². The van der Waals surface area contributed by atoms with E-state index in [1.807, 2.05) is 26.0 Å². The van der Waals surface area contributed by atoms with Crippen molar-refractivity contribution >= 4 is 34.6 Å². The zero-order chi connectivity index (χ0) is 16.4. The van der Waals surface area contributed by atoms with Crippen LogP contribution in [0.3, 0.4) is 0 Å². The lowest BCUT2D eigenvalue weighted by atomic mass is 10.1. The summed E-state index contributed by atoms with van der Waals surface area (Å²) in [6.45, 7) is 6.02. The van der Waals surface area contributed by atoms with Crippen LogP contribution >= 0.6 is 22.6 Å². The van der Waals surface area contributed by atoms with Gasteiger partial charge in [0.15, 0.2) is 0 Å². The van der Waals surface area contributed by atoms with Crippen LogP contribution in [-0.4, -0.2) is 10.5 Å². The molecule has 0 aliphatic carbocycles. The first-order valence-corrected chi connectivity index (χ1v) is 7.80. The fourth-order valence-electron chi connectivity index (χ4n) is 2.37. The Morgan fingerprint density at radius 1 is 1.32 bits per heavy atom. The Bertz CT molecular complexity index is 825. The van der Waals surface area contributed by atoms with Crippen molar-refractivity contribution in [3.8, 4) is 11.8 Å². The van der Waals surface area contributed by atoms with Crippen molar-refractivity contribution in [1.29, 1.82) is 5.26 Å². The Morgan fingerprint density at radius 2 is 2.00 bits per heavy atom. The summed E-state index contributed by atoms with van der Waals surface area (Å²) in [4.78, 5) is 11.2. The largest absolute Gasteiger partial charge is 0.365 e. The summed E-state index contributed by atoms with van der Waals surface area (Å²) in [5.74, 6) is -0.711. The van der Waals surface area contributed by atoms with Crippen LogP contribution in [0.15, 0.2) is 29.8 Å². The highest BCUT2D eigenvalue weighted by atomic mass is 127. The monoisotopic (exact) mass is 405 g/mol. The van der Waals surface area contributed by atoms with Gasteiger partial charge in [-0.25, -0.2) is 0 Å². The summed E-state index contributed by atoms with van der Waals surface area (Å²) in [6.07, 6.45) is 1.54. The molecule has 0 saturated carbocycles. The Balaban J connectivity index is 2.59. The highest BCUT2D eigenvalue weighted by molar-refractivity contribution is 14.1. The van der Waals surface area contributed by atoms with Gasteiger partial charge in [0.2, 0.25) is 0 Å². The van der Waals surface area contributed by atoms with Crippen molar-refractivity contribution in [1.82, 2.24) is 4.57 Å². The van der Waals surface area contributed by atoms with Gasteiger partial charge in [-0.1, -0.05) is 6.07 Å². The Kier molecular flexibility index (Phi) is 4.71. The van der Waals surface area contributed by atoms with Crippen LogP contribution in [0, 0.1) is 35.7 Å². The van der Waals surface area contributed by atoms with E-state index in [0.717, 1.165) is 22.6 Å². The minimum atomic E-state index is -0.711. The van der Waals surface area contributed by atoms with Gasteiger partial charge in [-0.15, -0.1) is 0 Å². The van der Waals surface area contributed by atoms with E-state index in [9.17, 15) is 4.79 Å². The summed E-state index contributed by atoms with van der Waals surface area (Å²) >= 11 is 2.31. The number of benzene rings is 1. The highest BCUT2D eigenvalue weighted by Crippen LogP contribution is 2.24. The number of nitrogens with zero attached hydrogens (tertiary/aromatic N) is 2. The molecule has 1 aromatic carbocycles. The standard InChI is InChI=1S/C17H16IN3O/c1-10-4-5-15(8-16(10)18)21-11(2)6-13(12(21)3)7-14(9-19)17(20)22/h4-8H,1-3H3,(H2,20,22)/b14-7-. The van der Waals surface area contributed by atoms with Gasteiger partial charge in [0, 0.05) is 20.6 Å². The van der Waals surface area contributed by atoms with Crippen molar-refractivity contribution < 1.29 is 4.79 Å². The number of amides is 1. The molecule has 0 saturated heterocycles. The molecule has 22 heavy (non-hydrogen) atoms. The number of aryl methyl sites for hydroxylation is 2. The second-order valence-corrected chi connectivity index (χ2v) is 6.29. The molecule has 5 heteroatoms. The zero-order valence-corrected chi connectivity index (χ0v) is 14.8. The van der Waals surface area contributed by atoms with Crippen molar-refractivity contribution in [2.45, 2.75) is 20.8 Å². The number of hydrogen-bond donors (Lipinski definition) is 1. The number of halogens is 1. The summed E-state index contributed by atoms with van der Waals surface area (Å²) in [7, 11) is 0. The predicted molar refractivity (Wildman–Crippen MR) is 95.5 cm³/mol. The van der Waals surface area contributed by atoms with Crippen molar-refractivity contribution in [2.24, 2.45) is 5.73 Å². The molecular formula is C17H16IN3O. The molecule has 0 unspecified atom stereocenters. The maximum atomic E-state index is 11.2. The number of nitriles is 1. The Morgan fingerprint density at radius 3 is 2.55 bits per heavy atom. The summed E-state index contributed by atoms with van der Waals surface area (Å²) in [5, 5.41) is 8.98. The molecule has 2 rings (SSSR count). The number of hydrogen-bond acceptors (Lipinski definition) is 2. The third-order valence-electron chi connectivity index (χ3n) is 3.57. The molecule has 2 N–H and O–H groups in total. The quantitative estimate of drug-likeness (QED) is 0.483. The molecule has 1 aromatic heterocycles. The fourth-order valence-corrected chi connectivity index (χ4v) is 2.86. The average Bonchev–Trinajstić information content (AvgIpc) is 2.73. The van der Waals surface area contributed by atoms with Crippen LogP contribution in [0.25, 0.3) is 11.8 Å². The van der Waals surface area contributed by atoms with E-state index in [0.29, 0.717) is 0 Å². The average molecular weight is 405 g/mol. The van der Waals surface area contributed by atoms with Crippen LogP contribution in [-0.2, 0) is 4.79 Å². The normalized spacial score (nSPS) is 11.3. The molecular weight excluding hydrogens is 389 g/mol. The van der Waals surface area contributed by atoms with Crippen LogP contribution in [0.5, 0.6) is 0 Å². The fraction of sp³-hybridized carbons (Fsp3) is 0.176. The molecule has 2 aromatic rings. The number of nitrogens with two attached hydrogens (primary N) is 1. The number of rotatable bonds is 3. The maximum absolute atomic E-state index is 11.2. The molecule has 0 aliphatic rings. The molecule has 0 spiro atoms. The third-order valence-corrected chi connectivity index (χ3v) is 4.73. The van der Waals surface area contributed by atoms with Gasteiger partial charge in [0.05, 0.1) is 0 Å². The van der Waals surface area contributed by atoms with E-state index in [-0.39, 0.29) is 5.57 Å². The number of aromatic nitrogens is 1. The molecule has 0 fully saturated rings. The summed E-state index contributed by atoms with van der Waals surface area (Å²) in [5.41, 5.74) is 10.3. The smallest absolute Gasteiger partial charge is 0.259 e. The summed E-state index contributed by atoms with van der Waals surface area (Å²) < 4.78 is 3.29. The Hall–Kier alpha value is -2.07. The molecule has 0 radical (unpaired) electrons. The van der Waals surface area contributed by atoms with Crippen molar-refractivity contribution in [3.63, 3.8) is 0 Å². The van der Waals surface area contributed by atoms with E-state index < -0.39 is 5.91 Å². The maximum Gasteiger partial charge on any atom is 0.259 e. The van der Waals surface area contributed by atoms with E-state index in [1.165, 1.54) is 9.13 Å². The van der Waals surface area contributed by atoms with Gasteiger partial charge in [-0.2, -0.15) is 5.26 Å². The SMILES string of the molecule is Cc1ccc(-n2c(C)cc(/C=C(/C#N)C(N)=O)c2C)cc1I. The molecule has 1 heterocycles. The number of carbonyl (C=O) groups is 1. The second kappa shape index (κ2) is 6.36. The number of primary amides is 1. The Labute approximate surface area is 143 Å². The first kappa shape index (κ1) is 16.3. The zero-order valence-electron chi connectivity index (χ0n) is 12.6. The molecule has 112 valence electrons. The van der Waals surface area contributed by atoms with Crippen LogP contribution in [0.2, 0.25) is 0 Å². The lowest BCUT2D eigenvalue weighted by molar-refractivity contribution is -0.114. The van der Waals surface area contributed by atoms with Gasteiger partial charge in [0.1, 0.15) is 11.6 Å². The highest BCUT2D eigenvalue weighted by Gasteiger charge is 2.12. The molecule has 1 amide bonds. The van der Waals surface area contributed by atoms with Crippen LogP contribution in [0.4, 0.5) is 0 Å². The summed E-state index contributed by atoms with van der Waals surface area (Å²) in [6, 6.07) is 10.0. The van der Waals surface area contributed by atoms with Crippen molar-refractivity contribution in [2.75, 3.05) is 0 Å². The minimum absolute atomic E-state index is 0.0428. The lowest BCUT2D eigenvalue weighted by Crippen LogP contribution is -2.12. The minimum Gasteiger partial charge on any atom is -0.365 e. The van der Waals surface area contributed by atoms with E-state index in [1.54, 1.807) is 6.08 Å². The second-order valence-electron chi connectivity index (χ2n) is 5.13. The molecule has 0 bridgehead atoms. The van der Waals surface area contributed by atoms with Gasteiger partial charge >= 0.3 is 0 Å². The van der Waals surface area contributed by atoms with Gasteiger partial charge in [0.25, 0.3) is 5.91 Å². The topological polar surface area (TPSA) is 71.8 Å².